The molecule has 2 heterocycles. The van der Waals surface area contributed by atoms with Crippen LogP contribution in [0.4, 0.5) is 11.5 Å². The lowest BCUT2D eigenvalue weighted by Gasteiger charge is -2.06. The molecule has 94 valence electrons. The maximum absolute atomic E-state index is 11.1. The summed E-state index contributed by atoms with van der Waals surface area (Å²) in [7, 11) is 0. The number of carbonyl (C=O) groups excluding carboxylic acids is 1. The molecule has 18 heavy (non-hydrogen) atoms. The largest absolute Gasteiger partial charge is 0.397 e. The maximum Gasteiger partial charge on any atom is 0.250 e. The number of rotatable bonds is 4. The zero-order valence-electron chi connectivity index (χ0n) is 9.80. The zero-order valence-corrected chi connectivity index (χ0v) is 10.6. The molecule has 7 heteroatoms. The first kappa shape index (κ1) is 12.3. The number of hydrogen-bond donors (Lipinski definition) is 3. The Labute approximate surface area is 108 Å². The van der Waals surface area contributed by atoms with Gasteiger partial charge in [0.25, 0.3) is 5.91 Å². The maximum atomic E-state index is 11.1. The highest BCUT2D eigenvalue weighted by atomic mass is 32.1. The van der Waals surface area contributed by atoms with E-state index in [4.69, 9.17) is 11.5 Å². The predicted molar refractivity (Wildman–Crippen MR) is 71.3 cm³/mol. The lowest BCUT2D eigenvalue weighted by atomic mass is 10.2. The van der Waals surface area contributed by atoms with Crippen molar-refractivity contribution in [3.8, 4) is 0 Å². The van der Waals surface area contributed by atoms with E-state index >= 15 is 0 Å². The number of nitrogens with one attached hydrogen (secondary N) is 1. The van der Waals surface area contributed by atoms with Gasteiger partial charge >= 0.3 is 0 Å². The van der Waals surface area contributed by atoms with Crippen molar-refractivity contribution in [3.63, 3.8) is 0 Å². The van der Waals surface area contributed by atoms with Crippen LogP contribution in [0.5, 0.6) is 0 Å². The van der Waals surface area contributed by atoms with Crippen LogP contribution in [-0.4, -0.2) is 15.9 Å². The van der Waals surface area contributed by atoms with E-state index in [1.165, 1.54) is 12.3 Å². The van der Waals surface area contributed by atoms with E-state index < -0.39 is 5.91 Å². The highest BCUT2D eigenvalue weighted by Crippen LogP contribution is 2.16. The molecule has 5 N–H and O–H groups in total. The van der Waals surface area contributed by atoms with Crippen LogP contribution in [0.3, 0.4) is 0 Å². The number of anilines is 2. The molecule has 0 aliphatic carbocycles. The normalized spacial score (nSPS) is 10.3. The lowest BCUT2D eigenvalue weighted by Crippen LogP contribution is -2.14. The van der Waals surface area contributed by atoms with Crippen LogP contribution in [0, 0.1) is 6.92 Å². The molecule has 0 radical (unpaired) electrons. The van der Waals surface area contributed by atoms with Gasteiger partial charge in [-0.25, -0.2) is 9.97 Å². The second-order valence-corrected chi connectivity index (χ2v) is 5.06. The highest BCUT2D eigenvalue weighted by Gasteiger charge is 2.08. The van der Waals surface area contributed by atoms with Gasteiger partial charge in [0, 0.05) is 11.1 Å². The predicted octanol–water partition coefficient (Wildman–Crippen LogP) is 1.14. The molecule has 2 rings (SSSR count). The van der Waals surface area contributed by atoms with Crippen molar-refractivity contribution in [1.29, 1.82) is 0 Å². The number of amides is 1. The van der Waals surface area contributed by atoms with Gasteiger partial charge in [0.15, 0.2) is 0 Å². The summed E-state index contributed by atoms with van der Waals surface area (Å²) in [5, 5.41) is 4.02. The molecule has 0 atom stereocenters. The number of aromatic nitrogens is 2. The van der Waals surface area contributed by atoms with E-state index in [2.05, 4.69) is 15.3 Å². The second-order valence-electron chi connectivity index (χ2n) is 3.74. The molecule has 0 fully saturated rings. The molecular weight excluding hydrogens is 250 g/mol. The van der Waals surface area contributed by atoms with Crippen molar-refractivity contribution in [2.24, 2.45) is 5.73 Å². The van der Waals surface area contributed by atoms with E-state index in [0.717, 1.165) is 9.88 Å². The quantitative estimate of drug-likeness (QED) is 0.766. The zero-order chi connectivity index (χ0) is 13.1. The smallest absolute Gasteiger partial charge is 0.250 e. The minimum absolute atomic E-state index is 0.266. The molecule has 0 unspecified atom stereocenters. The summed E-state index contributed by atoms with van der Waals surface area (Å²) in [4.78, 5) is 20.6. The number of thiazole rings is 1. The fourth-order valence-electron chi connectivity index (χ4n) is 1.43. The number of hydrogen-bond acceptors (Lipinski definition) is 6. The minimum Gasteiger partial charge on any atom is -0.397 e. The SMILES string of the molecule is Cc1cnc(CNc2cc(C(N)=O)c(N)cn2)s1. The minimum atomic E-state index is -0.567. The van der Waals surface area contributed by atoms with Crippen LogP contribution in [0.25, 0.3) is 0 Å². The Morgan fingerprint density at radius 2 is 2.22 bits per heavy atom. The fourth-order valence-corrected chi connectivity index (χ4v) is 2.15. The third kappa shape index (κ3) is 2.75. The summed E-state index contributed by atoms with van der Waals surface area (Å²) in [6.45, 7) is 2.54. The van der Waals surface area contributed by atoms with Gasteiger partial charge in [0.05, 0.1) is 24.0 Å². The Bertz CT molecular complexity index is 581. The average molecular weight is 263 g/mol. The van der Waals surface area contributed by atoms with E-state index in [0.29, 0.717) is 12.4 Å². The van der Waals surface area contributed by atoms with Crippen molar-refractivity contribution in [2.75, 3.05) is 11.1 Å². The van der Waals surface area contributed by atoms with Crippen molar-refractivity contribution in [3.05, 3.63) is 33.9 Å². The Hall–Kier alpha value is -2.15. The third-order valence-corrected chi connectivity index (χ3v) is 3.20. The number of nitrogens with two attached hydrogens (primary N) is 2. The second kappa shape index (κ2) is 5.01. The molecule has 6 nitrogen and oxygen atoms in total. The molecule has 0 bridgehead atoms. The van der Waals surface area contributed by atoms with Crippen LogP contribution in [0.1, 0.15) is 20.2 Å². The lowest BCUT2D eigenvalue weighted by molar-refractivity contribution is 0.100. The van der Waals surface area contributed by atoms with Crippen LogP contribution < -0.4 is 16.8 Å². The molecule has 0 aromatic carbocycles. The molecule has 2 aromatic heterocycles. The highest BCUT2D eigenvalue weighted by molar-refractivity contribution is 7.11. The van der Waals surface area contributed by atoms with Gasteiger partial charge < -0.3 is 16.8 Å². The number of carbonyl (C=O) groups is 1. The van der Waals surface area contributed by atoms with E-state index in [1.807, 2.05) is 13.1 Å². The van der Waals surface area contributed by atoms with E-state index in [1.54, 1.807) is 11.3 Å². The standard InChI is InChI=1S/C11H13N5OS/c1-6-3-16-10(18-6)5-15-9-2-7(11(13)17)8(12)4-14-9/h2-4H,5,12H2,1H3,(H2,13,17)(H,14,15). The first-order chi connectivity index (χ1) is 8.56. The Balaban J connectivity index is 2.10. The number of pyridine rings is 1. The van der Waals surface area contributed by atoms with Gasteiger partial charge in [-0.3, -0.25) is 4.79 Å². The van der Waals surface area contributed by atoms with Crippen molar-refractivity contribution in [2.45, 2.75) is 13.5 Å². The molecule has 0 spiro atoms. The van der Waals surface area contributed by atoms with Gasteiger partial charge in [-0.2, -0.15) is 0 Å². The molecule has 0 saturated carbocycles. The molecule has 0 aliphatic heterocycles. The summed E-state index contributed by atoms with van der Waals surface area (Å²) < 4.78 is 0. The molecule has 0 saturated heterocycles. The van der Waals surface area contributed by atoms with Crippen LogP contribution >= 0.6 is 11.3 Å². The van der Waals surface area contributed by atoms with Gasteiger partial charge in [0.2, 0.25) is 0 Å². The topological polar surface area (TPSA) is 107 Å². The van der Waals surface area contributed by atoms with Gasteiger partial charge in [-0.15, -0.1) is 11.3 Å². The van der Waals surface area contributed by atoms with Crippen molar-refractivity contribution < 1.29 is 4.79 Å². The number of primary amides is 1. The number of aryl methyl sites for hydroxylation is 1. The summed E-state index contributed by atoms with van der Waals surface area (Å²) in [5.41, 5.74) is 11.4. The van der Waals surface area contributed by atoms with Crippen molar-refractivity contribution in [1.82, 2.24) is 9.97 Å². The summed E-state index contributed by atoms with van der Waals surface area (Å²) in [6, 6.07) is 1.54. The van der Waals surface area contributed by atoms with Crippen LogP contribution in [0.2, 0.25) is 0 Å². The average Bonchev–Trinajstić information content (AvgIpc) is 2.74. The van der Waals surface area contributed by atoms with E-state index in [-0.39, 0.29) is 11.3 Å². The van der Waals surface area contributed by atoms with Crippen LogP contribution in [-0.2, 0) is 6.54 Å². The number of nitrogen functional groups attached to an aromatic ring is 1. The summed E-state index contributed by atoms with van der Waals surface area (Å²) in [6.07, 6.45) is 3.22. The number of nitrogens with zero attached hydrogens (tertiary/aromatic N) is 2. The molecule has 2 aromatic rings. The Kier molecular flexibility index (Phi) is 3.42. The molecule has 0 aliphatic rings. The Morgan fingerprint density at radius 1 is 1.44 bits per heavy atom. The third-order valence-electron chi connectivity index (χ3n) is 2.29. The van der Waals surface area contributed by atoms with E-state index in [9.17, 15) is 4.79 Å². The van der Waals surface area contributed by atoms with Crippen LogP contribution in [0.15, 0.2) is 18.5 Å². The van der Waals surface area contributed by atoms with Gasteiger partial charge in [0.1, 0.15) is 10.8 Å². The molecule has 1 amide bonds. The van der Waals surface area contributed by atoms with Crippen molar-refractivity contribution >= 4 is 28.7 Å². The molecular formula is C11H13N5OS. The summed E-state index contributed by atoms with van der Waals surface area (Å²) in [5.74, 6) is -0.0195. The monoisotopic (exact) mass is 263 g/mol. The van der Waals surface area contributed by atoms with Gasteiger partial charge in [-0.05, 0) is 13.0 Å². The first-order valence-corrected chi connectivity index (χ1v) is 6.08. The van der Waals surface area contributed by atoms with Gasteiger partial charge in [-0.1, -0.05) is 0 Å². The summed E-state index contributed by atoms with van der Waals surface area (Å²) >= 11 is 1.60. The fraction of sp³-hybridized carbons (Fsp3) is 0.182. The Morgan fingerprint density at radius 3 is 2.83 bits per heavy atom. The first-order valence-electron chi connectivity index (χ1n) is 5.27.